The van der Waals surface area contributed by atoms with Crippen LogP contribution in [0.15, 0.2) is 36.4 Å². The van der Waals surface area contributed by atoms with Crippen LogP contribution in [0.2, 0.25) is 5.02 Å². The van der Waals surface area contributed by atoms with E-state index in [-0.39, 0.29) is 5.91 Å². The van der Waals surface area contributed by atoms with E-state index in [0.29, 0.717) is 16.4 Å². The lowest BCUT2D eigenvalue weighted by Crippen LogP contribution is -2.14. The lowest BCUT2D eigenvalue weighted by atomic mass is 10.2. The van der Waals surface area contributed by atoms with Crippen LogP contribution in [0.4, 0.5) is 5.69 Å². The molecule has 0 unspecified atom stereocenters. The summed E-state index contributed by atoms with van der Waals surface area (Å²) in [4.78, 5) is 16.2. The van der Waals surface area contributed by atoms with Gasteiger partial charge in [-0.2, -0.15) is 0 Å². The minimum absolute atomic E-state index is 0.232. The van der Waals surface area contributed by atoms with Crippen molar-refractivity contribution < 1.29 is 4.79 Å². The first-order valence-electron chi connectivity index (χ1n) is 5.57. The third-order valence-electron chi connectivity index (χ3n) is 2.41. The molecule has 2 aromatic rings. The maximum atomic E-state index is 12.0. The van der Waals surface area contributed by atoms with E-state index in [0.717, 1.165) is 11.3 Å². The molecule has 1 aromatic heterocycles. The number of hydrogen-bond acceptors (Lipinski definition) is 2. The largest absolute Gasteiger partial charge is 0.321 e. The number of amides is 1. The highest BCUT2D eigenvalue weighted by atomic mass is 35.5. The second-order valence-corrected chi connectivity index (χ2v) is 4.57. The zero-order valence-electron chi connectivity index (χ0n) is 10.2. The minimum Gasteiger partial charge on any atom is -0.321 e. The number of rotatable bonds is 2. The van der Waals surface area contributed by atoms with Crippen molar-refractivity contribution in [2.75, 3.05) is 5.32 Å². The highest BCUT2D eigenvalue weighted by Crippen LogP contribution is 2.16. The molecule has 1 heterocycles. The predicted octanol–water partition coefficient (Wildman–Crippen LogP) is 3.60. The summed E-state index contributed by atoms with van der Waals surface area (Å²) in [5.41, 5.74) is 2.91. The van der Waals surface area contributed by atoms with Crippen molar-refractivity contribution in [1.29, 1.82) is 0 Å². The van der Waals surface area contributed by atoms with Gasteiger partial charge < -0.3 is 5.32 Å². The van der Waals surface area contributed by atoms with Gasteiger partial charge in [-0.25, -0.2) is 4.98 Å². The second-order valence-electron chi connectivity index (χ2n) is 4.14. The summed E-state index contributed by atoms with van der Waals surface area (Å²) < 4.78 is 0. The first-order chi connectivity index (χ1) is 8.54. The molecule has 1 N–H and O–H groups in total. The first-order valence-corrected chi connectivity index (χ1v) is 5.94. The summed E-state index contributed by atoms with van der Waals surface area (Å²) >= 11 is 5.86. The molecule has 0 aliphatic carbocycles. The Morgan fingerprint density at radius 1 is 1.22 bits per heavy atom. The van der Waals surface area contributed by atoms with E-state index in [4.69, 9.17) is 11.6 Å². The number of nitrogens with one attached hydrogen (secondary N) is 1. The highest BCUT2D eigenvalue weighted by Gasteiger charge is 2.08. The van der Waals surface area contributed by atoms with E-state index in [1.165, 1.54) is 0 Å². The van der Waals surface area contributed by atoms with Crippen LogP contribution in [0.25, 0.3) is 0 Å². The van der Waals surface area contributed by atoms with Crippen LogP contribution in [0, 0.1) is 13.8 Å². The normalized spacial score (nSPS) is 10.2. The van der Waals surface area contributed by atoms with Crippen LogP contribution < -0.4 is 5.32 Å². The summed E-state index contributed by atoms with van der Waals surface area (Å²) in [6.07, 6.45) is 0. The Labute approximate surface area is 111 Å². The van der Waals surface area contributed by atoms with Gasteiger partial charge in [-0.15, -0.1) is 0 Å². The summed E-state index contributed by atoms with van der Waals surface area (Å²) in [5, 5.41) is 3.35. The molecule has 0 bridgehead atoms. The predicted molar refractivity (Wildman–Crippen MR) is 73.1 cm³/mol. The molecule has 92 valence electrons. The molecule has 1 aromatic carbocycles. The highest BCUT2D eigenvalue weighted by molar-refractivity contribution is 6.30. The molecule has 3 nitrogen and oxygen atoms in total. The van der Waals surface area contributed by atoms with Crippen molar-refractivity contribution in [2.45, 2.75) is 13.8 Å². The van der Waals surface area contributed by atoms with E-state index in [2.05, 4.69) is 10.3 Å². The van der Waals surface area contributed by atoms with Gasteiger partial charge in [0.05, 0.1) is 0 Å². The van der Waals surface area contributed by atoms with Crippen molar-refractivity contribution >= 4 is 23.2 Å². The van der Waals surface area contributed by atoms with Crippen molar-refractivity contribution in [3.8, 4) is 0 Å². The minimum atomic E-state index is -0.232. The zero-order valence-corrected chi connectivity index (χ0v) is 11.0. The molecule has 1 amide bonds. The maximum Gasteiger partial charge on any atom is 0.274 e. The molecule has 0 saturated heterocycles. The molecule has 4 heteroatoms. The fourth-order valence-corrected chi connectivity index (χ4v) is 1.91. The number of aromatic nitrogens is 1. The number of halogens is 1. The van der Waals surface area contributed by atoms with Gasteiger partial charge in [-0.1, -0.05) is 17.7 Å². The van der Waals surface area contributed by atoms with Crippen LogP contribution in [0.5, 0.6) is 0 Å². The van der Waals surface area contributed by atoms with Crippen molar-refractivity contribution in [2.24, 2.45) is 0 Å². The number of benzene rings is 1. The van der Waals surface area contributed by atoms with Crippen molar-refractivity contribution in [3.63, 3.8) is 0 Å². The van der Waals surface area contributed by atoms with Crippen LogP contribution in [0.1, 0.15) is 21.7 Å². The Morgan fingerprint density at radius 3 is 2.67 bits per heavy atom. The zero-order chi connectivity index (χ0) is 13.1. The summed E-state index contributed by atoms with van der Waals surface area (Å²) in [6, 6.07) is 10.7. The van der Waals surface area contributed by atoms with Gasteiger partial charge in [0.15, 0.2) is 0 Å². The van der Waals surface area contributed by atoms with Gasteiger partial charge in [0.25, 0.3) is 5.91 Å². The van der Waals surface area contributed by atoms with E-state index in [9.17, 15) is 4.79 Å². The van der Waals surface area contributed by atoms with Crippen molar-refractivity contribution in [1.82, 2.24) is 4.98 Å². The third-order valence-corrected chi connectivity index (χ3v) is 2.65. The second kappa shape index (κ2) is 5.19. The van der Waals surface area contributed by atoms with Gasteiger partial charge in [0.1, 0.15) is 5.69 Å². The van der Waals surface area contributed by atoms with Crippen LogP contribution in [-0.4, -0.2) is 10.9 Å². The van der Waals surface area contributed by atoms with E-state index < -0.39 is 0 Å². The molecule has 0 radical (unpaired) electrons. The molecule has 0 atom stereocenters. The lowest BCUT2D eigenvalue weighted by Gasteiger charge is -2.06. The molecular weight excluding hydrogens is 248 g/mol. The number of anilines is 1. The van der Waals surface area contributed by atoms with Crippen LogP contribution in [0.3, 0.4) is 0 Å². The average molecular weight is 261 g/mol. The SMILES string of the molecule is Cc1cc(C)nc(C(=O)Nc2cccc(Cl)c2)c1. The Kier molecular flexibility index (Phi) is 3.63. The molecule has 0 aliphatic heterocycles. The number of aryl methyl sites for hydroxylation is 2. The standard InChI is InChI=1S/C14H13ClN2O/c1-9-6-10(2)16-13(7-9)14(18)17-12-5-3-4-11(15)8-12/h3-8H,1-2H3,(H,17,18). The number of carbonyl (C=O) groups is 1. The topological polar surface area (TPSA) is 42.0 Å². The lowest BCUT2D eigenvalue weighted by molar-refractivity contribution is 0.102. The smallest absolute Gasteiger partial charge is 0.274 e. The number of pyridine rings is 1. The Morgan fingerprint density at radius 2 is 2.00 bits per heavy atom. The fourth-order valence-electron chi connectivity index (χ4n) is 1.72. The van der Waals surface area contributed by atoms with Gasteiger partial charge in [0.2, 0.25) is 0 Å². The number of hydrogen-bond donors (Lipinski definition) is 1. The van der Waals surface area contributed by atoms with Crippen molar-refractivity contribution in [3.05, 3.63) is 58.4 Å². The molecule has 0 saturated carbocycles. The van der Waals surface area contributed by atoms with E-state index in [1.807, 2.05) is 19.9 Å². The van der Waals surface area contributed by atoms with E-state index >= 15 is 0 Å². The molecule has 0 aliphatic rings. The van der Waals surface area contributed by atoms with Gasteiger partial charge in [-0.05, 0) is 49.7 Å². The van der Waals surface area contributed by atoms with Crippen LogP contribution in [-0.2, 0) is 0 Å². The maximum absolute atomic E-state index is 12.0. The number of carbonyl (C=O) groups excluding carboxylic acids is 1. The summed E-state index contributed by atoms with van der Waals surface area (Å²) in [5.74, 6) is -0.232. The first kappa shape index (κ1) is 12.6. The molecule has 2 rings (SSSR count). The van der Waals surface area contributed by atoms with Crippen LogP contribution >= 0.6 is 11.6 Å². The van der Waals surface area contributed by atoms with Gasteiger partial charge in [0, 0.05) is 16.4 Å². The summed E-state index contributed by atoms with van der Waals surface area (Å²) in [7, 11) is 0. The van der Waals surface area contributed by atoms with Gasteiger partial charge >= 0.3 is 0 Å². The molecule has 0 fully saturated rings. The Hall–Kier alpha value is -1.87. The third kappa shape index (κ3) is 3.08. The van der Waals surface area contributed by atoms with Gasteiger partial charge in [-0.3, -0.25) is 4.79 Å². The van der Waals surface area contributed by atoms with E-state index in [1.54, 1.807) is 30.3 Å². The fraction of sp³-hybridized carbons (Fsp3) is 0.143. The average Bonchev–Trinajstić information content (AvgIpc) is 2.27. The Bertz CT molecular complexity index is 576. The molecule has 0 spiro atoms. The molecular formula is C14H13ClN2O. The Balaban J connectivity index is 2.22. The number of nitrogens with zero attached hydrogens (tertiary/aromatic N) is 1. The molecule has 18 heavy (non-hydrogen) atoms. The summed E-state index contributed by atoms with van der Waals surface area (Å²) in [6.45, 7) is 3.80. The monoisotopic (exact) mass is 260 g/mol. The quantitative estimate of drug-likeness (QED) is 0.896.